The lowest BCUT2D eigenvalue weighted by atomic mass is 10.0. The molecule has 0 unspecified atom stereocenters. The van der Waals surface area contributed by atoms with Gasteiger partial charge in [0.1, 0.15) is 5.75 Å². The summed E-state index contributed by atoms with van der Waals surface area (Å²) in [6.07, 6.45) is 3.73. The fourth-order valence-electron chi connectivity index (χ4n) is 3.15. The van der Waals surface area contributed by atoms with Gasteiger partial charge in [-0.05, 0) is 60.6 Å². The summed E-state index contributed by atoms with van der Waals surface area (Å²) in [4.78, 5) is 8.84. The molecule has 0 bridgehead atoms. The highest BCUT2D eigenvalue weighted by molar-refractivity contribution is 5.64. The van der Waals surface area contributed by atoms with E-state index >= 15 is 0 Å². The molecule has 0 aliphatic rings. The molecule has 0 radical (unpaired) electrons. The minimum Gasteiger partial charge on any atom is -0.497 e. The molecule has 2 aromatic carbocycles. The van der Waals surface area contributed by atoms with Gasteiger partial charge in [-0.25, -0.2) is 0 Å². The average Bonchev–Trinajstić information content (AvgIpc) is 2.73. The van der Waals surface area contributed by atoms with Crippen molar-refractivity contribution in [3.63, 3.8) is 0 Å². The van der Waals surface area contributed by atoms with Gasteiger partial charge in [0.05, 0.1) is 7.11 Å². The molecule has 28 heavy (non-hydrogen) atoms. The van der Waals surface area contributed by atoms with Crippen molar-refractivity contribution in [2.75, 3.05) is 34.3 Å². The second kappa shape index (κ2) is 10.0. The molecule has 1 heterocycles. The number of hydrogen-bond acceptors (Lipinski definition) is 4. The minimum absolute atomic E-state index is 0.882. The number of pyridine rings is 1. The van der Waals surface area contributed by atoms with Crippen LogP contribution in [0.25, 0.3) is 11.1 Å². The number of rotatable bonds is 9. The number of aromatic nitrogens is 1. The Morgan fingerprint density at radius 3 is 1.79 bits per heavy atom. The molecule has 0 saturated carbocycles. The Kier molecular flexibility index (Phi) is 7.18. The van der Waals surface area contributed by atoms with Gasteiger partial charge >= 0.3 is 0 Å². The fourth-order valence-corrected chi connectivity index (χ4v) is 3.15. The zero-order valence-corrected chi connectivity index (χ0v) is 17.0. The largest absolute Gasteiger partial charge is 0.497 e. The van der Waals surface area contributed by atoms with Crippen molar-refractivity contribution in [2.45, 2.75) is 13.1 Å². The molecule has 146 valence electrons. The van der Waals surface area contributed by atoms with Gasteiger partial charge in [0, 0.05) is 38.6 Å². The third-order valence-electron chi connectivity index (χ3n) is 4.80. The van der Waals surface area contributed by atoms with Gasteiger partial charge in [-0.3, -0.25) is 9.88 Å². The third kappa shape index (κ3) is 5.91. The first-order valence-corrected chi connectivity index (χ1v) is 9.63. The summed E-state index contributed by atoms with van der Waals surface area (Å²) in [6, 6.07) is 21.2. The molecular weight excluding hydrogens is 346 g/mol. The Bertz CT molecular complexity index is 830. The number of hydrogen-bond donors (Lipinski definition) is 0. The average molecular weight is 376 g/mol. The van der Waals surface area contributed by atoms with E-state index in [0.717, 1.165) is 31.9 Å². The van der Waals surface area contributed by atoms with Crippen LogP contribution in [-0.2, 0) is 13.1 Å². The van der Waals surface area contributed by atoms with Gasteiger partial charge in [-0.2, -0.15) is 0 Å². The maximum atomic E-state index is 5.24. The number of ether oxygens (including phenoxy) is 1. The maximum Gasteiger partial charge on any atom is 0.118 e. The molecule has 0 spiro atoms. The summed E-state index contributed by atoms with van der Waals surface area (Å²) in [7, 11) is 5.93. The fraction of sp³-hybridized carbons (Fsp3) is 0.292. The monoisotopic (exact) mass is 375 g/mol. The third-order valence-corrected chi connectivity index (χ3v) is 4.80. The standard InChI is InChI=1S/C24H29N3O/c1-26(2)16-17-27(19-21-12-14-25-15-13-21)18-20-4-6-22(7-5-20)23-8-10-24(28-3)11-9-23/h4-15H,16-19H2,1-3H3. The lowest BCUT2D eigenvalue weighted by molar-refractivity contribution is 0.226. The van der Waals surface area contributed by atoms with Crippen LogP contribution in [-0.4, -0.2) is 49.1 Å². The smallest absolute Gasteiger partial charge is 0.118 e. The summed E-state index contributed by atoms with van der Waals surface area (Å²) in [5.74, 6) is 0.882. The van der Waals surface area contributed by atoms with Crippen LogP contribution in [0.4, 0.5) is 0 Å². The number of likely N-dealkylation sites (N-methyl/N-ethyl adjacent to an activating group) is 1. The van der Waals surface area contributed by atoms with Crippen LogP contribution in [0.3, 0.4) is 0 Å². The lowest BCUT2D eigenvalue weighted by Gasteiger charge is -2.24. The molecule has 1 aromatic heterocycles. The van der Waals surface area contributed by atoms with Crippen LogP contribution in [0.15, 0.2) is 73.1 Å². The molecule has 0 aliphatic heterocycles. The van der Waals surface area contributed by atoms with Gasteiger partial charge in [0.15, 0.2) is 0 Å². The molecule has 3 rings (SSSR count). The van der Waals surface area contributed by atoms with E-state index in [0.29, 0.717) is 0 Å². The van der Waals surface area contributed by atoms with E-state index in [1.165, 1.54) is 22.3 Å². The van der Waals surface area contributed by atoms with E-state index in [4.69, 9.17) is 4.74 Å². The highest BCUT2D eigenvalue weighted by Gasteiger charge is 2.08. The van der Waals surface area contributed by atoms with Crippen LogP contribution in [0, 0.1) is 0 Å². The molecule has 0 N–H and O–H groups in total. The second-order valence-corrected chi connectivity index (χ2v) is 7.29. The van der Waals surface area contributed by atoms with Crippen molar-refractivity contribution in [1.82, 2.24) is 14.8 Å². The Morgan fingerprint density at radius 2 is 1.25 bits per heavy atom. The normalized spacial score (nSPS) is 11.2. The predicted octanol–water partition coefficient (Wildman–Crippen LogP) is 4.32. The number of nitrogens with zero attached hydrogens (tertiary/aromatic N) is 3. The van der Waals surface area contributed by atoms with Crippen LogP contribution in [0.5, 0.6) is 5.75 Å². The molecular formula is C24H29N3O. The molecule has 0 atom stereocenters. The molecule has 0 fully saturated rings. The highest BCUT2D eigenvalue weighted by Crippen LogP contribution is 2.23. The van der Waals surface area contributed by atoms with Crippen LogP contribution in [0.1, 0.15) is 11.1 Å². The maximum absolute atomic E-state index is 5.24. The SMILES string of the molecule is COc1ccc(-c2ccc(CN(CCN(C)C)Cc3ccncc3)cc2)cc1. The Labute approximate surface area is 168 Å². The molecule has 0 aliphatic carbocycles. The summed E-state index contributed by atoms with van der Waals surface area (Å²) in [6.45, 7) is 3.92. The van der Waals surface area contributed by atoms with Crippen molar-refractivity contribution < 1.29 is 4.74 Å². The zero-order chi connectivity index (χ0) is 19.8. The number of methoxy groups -OCH3 is 1. The van der Waals surface area contributed by atoms with Gasteiger partial charge < -0.3 is 9.64 Å². The van der Waals surface area contributed by atoms with Crippen molar-refractivity contribution in [1.29, 1.82) is 0 Å². The molecule has 0 amide bonds. The van der Waals surface area contributed by atoms with Crippen LogP contribution in [0.2, 0.25) is 0 Å². The Morgan fingerprint density at radius 1 is 0.714 bits per heavy atom. The van der Waals surface area contributed by atoms with Crippen molar-refractivity contribution in [3.8, 4) is 16.9 Å². The quantitative estimate of drug-likeness (QED) is 0.557. The van der Waals surface area contributed by atoms with E-state index in [1.807, 2.05) is 24.5 Å². The van der Waals surface area contributed by atoms with Crippen molar-refractivity contribution in [2.24, 2.45) is 0 Å². The second-order valence-electron chi connectivity index (χ2n) is 7.29. The molecule has 3 aromatic rings. The first-order chi connectivity index (χ1) is 13.6. The molecule has 0 saturated heterocycles. The molecule has 4 heteroatoms. The first-order valence-electron chi connectivity index (χ1n) is 9.63. The summed E-state index contributed by atoms with van der Waals surface area (Å²) in [5.41, 5.74) is 5.04. The van der Waals surface area contributed by atoms with Gasteiger partial charge in [0.25, 0.3) is 0 Å². The van der Waals surface area contributed by atoms with Crippen molar-refractivity contribution >= 4 is 0 Å². The summed E-state index contributed by atoms with van der Waals surface area (Å²) < 4.78 is 5.24. The van der Waals surface area contributed by atoms with E-state index in [1.54, 1.807) is 7.11 Å². The highest BCUT2D eigenvalue weighted by atomic mass is 16.5. The van der Waals surface area contributed by atoms with E-state index < -0.39 is 0 Å². The van der Waals surface area contributed by atoms with Gasteiger partial charge in [0.2, 0.25) is 0 Å². The predicted molar refractivity (Wildman–Crippen MR) is 115 cm³/mol. The lowest BCUT2D eigenvalue weighted by Crippen LogP contribution is -2.31. The van der Waals surface area contributed by atoms with Crippen LogP contribution < -0.4 is 4.74 Å². The Balaban J connectivity index is 1.68. The van der Waals surface area contributed by atoms with E-state index in [9.17, 15) is 0 Å². The zero-order valence-electron chi connectivity index (χ0n) is 17.0. The van der Waals surface area contributed by atoms with E-state index in [-0.39, 0.29) is 0 Å². The number of benzene rings is 2. The summed E-state index contributed by atoms with van der Waals surface area (Å²) in [5, 5.41) is 0. The summed E-state index contributed by atoms with van der Waals surface area (Å²) >= 11 is 0. The van der Waals surface area contributed by atoms with Crippen molar-refractivity contribution in [3.05, 3.63) is 84.2 Å². The minimum atomic E-state index is 0.882. The Hall–Kier alpha value is -2.69. The van der Waals surface area contributed by atoms with E-state index in [2.05, 4.69) is 77.4 Å². The molecule has 4 nitrogen and oxygen atoms in total. The van der Waals surface area contributed by atoms with Crippen LogP contribution >= 0.6 is 0 Å². The topological polar surface area (TPSA) is 28.6 Å². The van der Waals surface area contributed by atoms with Gasteiger partial charge in [-0.15, -0.1) is 0 Å². The first kappa shape index (κ1) is 20.1. The van der Waals surface area contributed by atoms with Gasteiger partial charge in [-0.1, -0.05) is 36.4 Å².